The Balaban J connectivity index is 2.62. The van der Waals surface area contributed by atoms with Crippen LogP contribution >= 0.6 is 0 Å². The van der Waals surface area contributed by atoms with Gasteiger partial charge in [0.2, 0.25) is 0 Å². The lowest BCUT2D eigenvalue weighted by atomic mass is 10.2. The van der Waals surface area contributed by atoms with Crippen molar-refractivity contribution in [1.82, 2.24) is 9.78 Å². The zero-order chi connectivity index (χ0) is 15.6. The maximum atomic E-state index is 12.1. The summed E-state index contributed by atoms with van der Waals surface area (Å²) in [6, 6.07) is 5.85. The topological polar surface area (TPSA) is 127 Å². The van der Waals surface area contributed by atoms with Gasteiger partial charge in [0.25, 0.3) is 5.56 Å². The number of ether oxygens (including phenoxy) is 1. The molecule has 0 saturated carbocycles. The molecule has 0 amide bonds. The first-order valence-corrected chi connectivity index (χ1v) is 6.07. The van der Waals surface area contributed by atoms with Gasteiger partial charge in [0.1, 0.15) is 5.69 Å². The van der Waals surface area contributed by atoms with E-state index < -0.39 is 17.5 Å². The molecule has 0 radical (unpaired) electrons. The number of aromatic amines is 1. The Hall–Kier alpha value is -3.03. The number of nitrogens with one attached hydrogen (secondary N) is 1. The average molecular weight is 291 g/mol. The van der Waals surface area contributed by atoms with Gasteiger partial charge >= 0.3 is 11.9 Å². The number of benzene rings is 1. The van der Waals surface area contributed by atoms with Crippen molar-refractivity contribution in [3.05, 3.63) is 45.9 Å². The molecule has 0 saturated heterocycles. The second-order valence-corrected chi connectivity index (χ2v) is 4.08. The number of rotatable bonds is 4. The largest absolute Gasteiger partial charge is 0.478 e. The Morgan fingerprint density at radius 2 is 2.05 bits per heavy atom. The van der Waals surface area contributed by atoms with Crippen LogP contribution in [0.2, 0.25) is 0 Å². The summed E-state index contributed by atoms with van der Waals surface area (Å²) in [5, 5.41) is 11.6. The number of para-hydroxylation sites is 1. The number of H-pyrrole nitrogens is 1. The van der Waals surface area contributed by atoms with Crippen LogP contribution < -0.4 is 11.3 Å². The third-order valence-corrected chi connectivity index (χ3v) is 2.78. The van der Waals surface area contributed by atoms with Crippen LogP contribution in [0.15, 0.2) is 29.1 Å². The number of carbonyl (C=O) groups is 2. The van der Waals surface area contributed by atoms with Gasteiger partial charge in [-0.1, -0.05) is 12.1 Å². The standard InChI is InChI=1S/C13H13N3O5/c1-2-21-13(20)10-9(14)11(17)16(15-10)8-6-4-3-5-7(8)12(18)19/h3-6,15H,2,14H2,1H3,(H,18,19). The molecule has 0 aliphatic heterocycles. The fourth-order valence-electron chi connectivity index (χ4n) is 1.83. The zero-order valence-electron chi connectivity index (χ0n) is 11.1. The summed E-state index contributed by atoms with van der Waals surface area (Å²) in [5.74, 6) is -1.98. The number of carbonyl (C=O) groups excluding carboxylic acids is 1. The van der Waals surface area contributed by atoms with Gasteiger partial charge in [-0.15, -0.1) is 0 Å². The predicted octanol–water partition coefficient (Wildman–Crippen LogP) is 0.623. The van der Waals surface area contributed by atoms with E-state index in [1.165, 1.54) is 18.2 Å². The number of nitrogens with two attached hydrogens (primary N) is 1. The van der Waals surface area contributed by atoms with Crippen LogP contribution in [0.1, 0.15) is 27.8 Å². The fraction of sp³-hybridized carbons (Fsp3) is 0.154. The van der Waals surface area contributed by atoms with Crippen molar-refractivity contribution in [3.8, 4) is 5.69 Å². The Morgan fingerprint density at radius 1 is 1.38 bits per heavy atom. The molecule has 2 aromatic rings. The van der Waals surface area contributed by atoms with Crippen molar-refractivity contribution < 1.29 is 19.4 Å². The SMILES string of the molecule is CCOC(=O)c1[nH]n(-c2ccccc2C(=O)O)c(=O)c1N. The highest BCUT2D eigenvalue weighted by atomic mass is 16.5. The van der Waals surface area contributed by atoms with Crippen LogP contribution in [-0.2, 0) is 4.74 Å². The monoisotopic (exact) mass is 291 g/mol. The molecule has 1 heterocycles. The number of nitrogen functional groups attached to an aromatic ring is 1. The van der Waals surface area contributed by atoms with Crippen LogP contribution in [0.25, 0.3) is 5.69 Å². The Bertz CT molecular complexity index is 759. The van der Waals surface area contributed by atoms with Gasteiger partial charge in [-0.2, -0.15) is 0 Å². The van der Waals surface area contributed by atoms with Gasteiger partial charge in [-0.3, -0.25) is 9.89 Å². The van der Waals surface area contributed by atoms with Crippen LogP contribution in [0.4, 0.5) is 5.69 Å². The van der Waals surface area contributed by atoms with E-state index in [9.17, 15) is 14.4 Å². The minimum atomic E-state index is -1.21. The van der Waals surface area contributed by atoms with E-state index >= 15 is 0 Å². The van der Waals surface area contributed by atoms with Gasteiger partial charge < -0.3 is 15.6 Å². The summed E-state index contributed by atoms with van der Waals surface area (Å²) in [6.07, 6.45) is 0. The number of hydrogen-bond donors (Lipinski definition) is 3. The molecule has 21 heavy (non-hydrogen) atoms. The Kier molecular flexibility index (Phi) is 3.79. The number of anilines is 1. The molecule has 4 N–H and O–H groups in total. The lowest BCUT2D eigenvalue weighted by molar-refractivity contribution is 0.0520. The van der Waals surface area contributed by atoms with E-state index in [4.69, 9.17) is 15.6 Å². The highest BCUT2D eigenvalue weighted by Gasteiger charge is 2.21. The molecule has 0 unspecified atom stereocenters. The molecular weight excluding hydrogens is 278 g/mol. The van der Waals surface area contributed by atoms with E-state index in [-0.39, 0.29) is 29.2 Å². The predicted molar refractivity (Wildman–Crippen MR) is 73.7 cm³/mol. The summed E-state index contributed by atoms with van der Waals surface area (Å²) >= 11 is 0. The molecule has 0 aliphatic carbocycles. The normalized spacial score (nSPS) is 10.3. The number of nitrogens with zero attached hydrogens (tertiary/aromatic N) is 1. The van der Waals surface area contributed by atoms with Gasteiger partial charge in [0.15, 0.2) is 5.69 Å². The summed E-state index contributed by atoms with van der Waals surface area (Å²) in [6.45, 7) is 1.74. The minimum Gasteiger partial charge on any atom is -0.478 e. The Morgan fingerprint density at radius 3 is 2.67 bits per heavy atom. The van der Waals surface area contributed by atoms with Crippen LogP contribution in [0.3, 0.4) is 0 Å². The lowest BCUT2D eigenvalue weighted by Gasteiger charge is -2.05. The number of carboxylic acid groups (broad SMARTS) is 1. The molecular formula is C13H13N3O5. The fourth-order valence-corrected chi connectivity index (χ4v) is 1.83. The summed E-state index contributed by atoms with van der Waals surface area (Å²) < 4.78 is 5.68. The van der Waals surface area contributed by atoms with E-state index in [0.717, 1.165) is 4.68 Å². The first kappa shape index (κ1) is 14.4. The first-order chi connectivity index (χ1) is 9.97. The second-order valence-electron chi connectivity index (χ2n) is 4.08. The van der Waals surface area contributed by atoms with E-state index in [1.54, 1.807) is 13.0 Å². The smallest absolute Gasteiger partial charge is 0.358 e. The summed E-state index contributed by atoms with van der Waals surface area (Å²) in [5.41, 5.74) is 4.32. The third kappa shape index (κ3) is 2.50. The Labute approximate surface area is 118 Å². The molecule has 8 heteroatoms. The van der Waals surface area contributed by atoms with Crippen LogP contribution in [-0.4, -0.2) is 33.4 Å². The van der Waals surface area contributed by atoms with Gasteiger partial charge in [-0.05, 0) is 19.1 Å². The molecule has 0 bridgehead atoms. The summed E-state index contributed by atoms with van der Waals surface area (Å²) in [7, 11) is 0. The lowest BCUT2D eigenvalue weighted by Crippen LogP contribution is -2.19. The van der Waals surface area contributed by atoms with E-state index in [1.807, 2.05) is 0 Å². The molecule has 8 nitrogen and oxygen atoms in total. The molecule has 1 aromatic heterocycles. The maximum absolute atomic E-state index is 12.1. The highest BCUT2D eigenvalue weighted by molar-refractivity contribution is 5.94. The molecule has 0 atom stereocenters. The molecule has 0 spiro atoms. The number of esters is 1. The van der Waals surface area contributed by atoms with Crippen molar-refractivity contribution in [3.63, 3.8) is 0 Å². The number of aromatic carboxylic acids is 1. The van der Waals surface area contributed by atoms with E-state index in [0.29, 0.717) is 0 Å². The molecule has 0 aliphatic rings. The molecule has 2 rings (SSSR count). The van der Waals surface area contributed by atoms with Crippen molar-refractivity contribution >= 4 is 17.6 Å². The maximum Gasteiger partial charge on any atom is 0.358 e. The average Bonchev–Trinajstić information content (AvgIpc) is 2.75. The van der Waals surface area contributed by atoms with Gasteiger partial charge in [-0.25, -0.2) is 14.3 Å². The van der Waals surface area contributed by atoms with Crippen molar-refractivity contribution in [2.45, 2.75) is 6.92 Å². The minimum absolute atomic E-state index is 0.0808. The van der Waals surface area contributed by atoms with Crippen LogP contribution in [0, 0.1) is 0 Å². The number of hydrogen-bond acceptors (Lipinski definition) is 5. The quantitative estimate of drug-likeness (QED) is 0.709. The molecule has 110 valence electrons. The van der Waals surface area contributed by atoms with Crippen molar-refractivity contribution in [2.75, 3.05) is 12.3 Å². The van der Waals surface area contributed by atoms with Gasteiger partial charge in [0.05, 0.1) is 17.9 Å². The summed E-state index contributed by atoms with van der Waals surface area (Å²) in [4.78, 5) is 34.9. The van der Waals surface area contributed by atoms with Crippen LogP contribution in [0.5, 0.6) is 0 Å². The second kappa shape index (κ2) is 5.53. The van der Waals surface area contributed by atoms with Crippen molar-refractivity contribution in [1.29, 1.82) is 0 Å². The molecule has 0 fully saturated rings. The molecule has 1 aromatic carbocycles. The van der Waals surface area contributed by atoms with Gasteiger partial charge in [0, 0.05) is 0 Å². The highest BCUT2D eigenvalue weighted by Crippen LogP contribution is 2.15. The first-order valence-electron chi connectivity index (χ1n) is 6.07. The zero-order valence-corrected chi connectivity index (χ0v) is 11.1. The number of carboxylic acids is 1. The number of aromatic nitrogens is 2. The third-order valence-electron chi connectivity index (χ3n) is 2.78. The van der Waals surface area contributed by atoms with E-state index in [2.05, 4.69) is 5.10 Å². The van der Waals surface area contributed by atoms with Crippen molar-refractivity contribution in [2.24, 2.45) is 0 Å².